The van der Waals surface area contributed by atoms with Crippen LogP contribution in [0.1, 0.15) is 40.9 Å². The highest BCUT2D eigenvalue weighted by molar-refractivity contribution is 5.98. The first-order chi connectivity index (χ1) is 11.7. The maximum Gasteiger partial charge on any atom is 0.251 e. The second-order valence-corrected chi connectivity index (χ2v) is 5.44. The third kappa shape index (κ3) is 2.93. The van der Waals surface area contributed by atoms with Crippen LogP contribution in [-0.2, 0) is 13.0 Å². The molecule has 1 aromatic carbocycles. The number of hydrogen-bond donors (Lipinski definition) is 2. The van der Waals surface area contributed by atoms with Crippen molar-refractivity contribution in [1.82, 2.24) is 15.3 Å². The molecule has 0 bridgehead atoms. The SMILES string of the molecule is CC.O=C1NCc2ccc(Cc3cc4cnccc4[nH]c3=O)cc21. The van der Waals surface area contributed by atoms with Gasteiger partial charge < -0.3 is 10.3 Å². The lowest BCUT2D eigenvalue weighted by molar-refractivity contribution is 0.0965. The van der Waals surface area contributed by atoms with Gasteiger partial charge in [0.2, 0.25) is 0 Å². The smallest absolute Gasteiger partial charge is 0.251 e. The predicted molar refractivity (Wildman–Crippen MR) is 94.1 cm³/mol. The molecule has 0 fully saturated rings. The topological polar surface area (TPSA) is 74.8 Å². The van der Waals surface area contributed by atoms with E-state index in [9.17, 15) is 9.59 Å². The minimum absolute atomic E-state index is 0.0477. The molecule has 1 amide bonds. The van der Waals surface area contributed by atoms with Gasteiger partial charge in [-0.25, -0.2) is 0 Å². The summed E-state index contributed by atoms with van der Waals surface area (Å²) in [5.41, 5.74) is 3.99. The molecule has 2 aromatic heterocycles. The highest BCUT2D eigenvalue weighted by atomic mass is 16.2. The first-order valence-corrected chi connectivity index (χ1v) is 8.06. The van der Waals surface area contributed by atoms with E-state index in [1.54, 1.807) is 18.5 Å². The van der Waals surface area contributed by atoms with E-state index < -0.39 is 0 Å². The predicted octanol–water partition coefficient (Wildman–Crippen LogP) is 2.78. The molecule has 1 aliphatic rings. The minimum Gasteiger partial charge on any atom is -0.348 e. The number of fused-ring (bicyclic) bond motifs is 2. The van der Waals surface area contributed by atoms with Crippen LogP contribution in [0.5, 0.6) is 0 Å². The van der Waals surface area contributed by atoms with E-state index >= 15 is 0 Å². The Morgan fingerprint density at radius 2 is 1.96 bits per heavy atom. The van der Waals surface area contributed by atoms with Crippen molar-refractivity contribution in [1.29, 1.82) is 0 Å². The molecule has 0 spiro atoms. The molecule has 0 radical (unpaired) electrons. The fourth-order valence-electron chi connectivity index (χ4n) is 2.81. The summed E-state index contributed by atoms with van der Waals surface area (Å²) in [6.07, 6.45) is 3.86. The van der Waals surface area contributed by atoms with E-state index in [1.807, 2.05) is 38.1 Å². The van der Waals surface area contributed by atoms with Gasteiger partial charge in [-0.1, -0.05) is 26.0 Å². The number of aromatic nitrogens is 2. The van der Waals surface area contributed by atoms with Gasteiger partial charge in [0.05, 0.1) is 5.52 Å². The van der Waals surface area contributed by atoms with E-state index in [-0.39, 0.29) is 11.5 Å². The summed E-state index contributed by atoms with van der Waals surface area (Å²) in [4.78, 5) is 30.8. The zero-order chi connectivity index (χ0) is 17.1. The molecule has 0 saturated heterocycles. The van der Waals surface area contributed by atoms with Gasteiger partial charge in [0.15, 0.2) is 0 Å². The molecule has 3 heterocycles. The monoisotopic (exact) mass is 321 g/mol. The fraction of sp³-hybridized carbons (Fsp3) is 0.211. The summed E-state index contributed by atoms with van der Waals surface area (Å²) in [6, 6.07) is 9.41. The van der Waals surface area contributed by atoms with Gasteiger partial charge in [0, 0.05) is 41.9 Å². The first-order valence-electron chi connectivity index (χ1n) is 8.06. The maximum absolute atomic E-state index is 12.2. The maximum atomic E-state index is 12.2. The molecule has 24 heavy (non-hydrogen) atoms. The number of aromatic amines is 1. The number of nitrogens with one attached hydrogen (secondary N) is 2. The van der Waals surface area contributed by atoms with Gasteiger partial charge >= 0.3 is 0 Å². The van der Waals surface area contributed by atoms with Crippen molar-refractivity contribution in [2.45, 2.75) is 26.8 Å². The first kappa shape index (κ1) is 15.9. The average Bonchev–Trinajstić information content (AvgIpc) is 2.98. The molecule has 4 rings (SSSR count). The second kappa shape index (κ2) is 6.66. The number of hydrogen-bond acceptors (Lipinski definition) is 3. The van der Waals surface area contributed by atoms with Crippen LogP contribution in [0, 0.1) is 0 Å². The second-order valence-electron chi connectivity index (χ2n) is 5.44. The molecule has 0 aliphatic carbocycles. The van der Waals surface area contributed by atoms with Gasteiger partial charge in [0.1, 0.15) is 0 Å². The molecule has 0 unspecified atom stereocenters. The lowest BCUT2D eigenvalue weighted by Crippen LogP contribution is -2.13. The van der Waals surface area contributed by atoms with Crippen LogP contribution in [0.25, 0.3) is 10.9 Å². The summed E-state index contributed by atoms with van der Waals surface area (Å²) in [7, 11) is 0. The van der Waals surface area contributed by atoms with Gasteiger partial charge in [-0.05, 0) is 29.3 Å². The number of rotatable bonds is 2. The number of nitrogens with zero attached hydrogens (tertiary/aromatic N) is 1. The van der Waals surface area contributed by atoms with E-state index in [0.29, 0.717) is 24.1 Å². The molecular weight excluding hydrogens is 302 g/mol. The molecule has 5 nitrogen and oxygen atoms in total. The quantitative estimate of drug-likeness (QED) is 0.762. The van der Waals surface area contributed by atoms with Gasteiger partial charge in [-0.15, -0.1) is 0 Å². The van der Waals surface area contributed by atoms with Crippen molar-refractivity contribution in [2.24, 2.45) is 0 Å². The van der Waals surface area contributed by atoms with Crippen molar-refractivity contribution in [3.63, 3.8) is 0 Å². The Hall–Kier alpha value is -2.95. The van der Waals surface area contributed by atoms with E-state index in [1.165, 1.54) is 0 Å². The van der Waals surface area contributed by atoms with Crippen LogP contribution < -0.4 is 10.9 Å². The van der Waals surface area contributed by atoms with Crippen LogP contribution in [-0.4, -0.2) is 15.9 Å². The summed E-state index contributed by atoms with van der Waals surface area (Å²) in [5.74, 6) is -0.0477. The molecule has 0 saturated carbocycles. The highest BCUT2D eigenvalue weighted by Crippen LogP contribution is 2.19. The Labute approximate surface area is 139 Å². The number of amides is 1. The van der Waals surface area contributed by atoms with Gasteiger partial charge in [0.25, 0.3) is 11.5 Å². The van der Waals surface area contributed by atoms with E-state index in [2.05, 4.69) is 15.3 Å². The summed E-state index contributed by atoms with van der Waals surface area (Å²) in [5, 5.41) is 3.70. The largest absolute Gasteiger partial charge is 0.348 e. The Morgan fingerprint density at radius 3 is 2.79 bits per heavy atom. The zero-order valence-corrected chi connectivity index (χ0v) is 13.7. The number of pyridine rings is 2. The van der Waals surface area contributed by atoms with Gasteiger partial charge in [-0.2, -0.15) is 0 Å². The molecule has 122 valence electrons. The normalized spacial score (nSPS) is 12.3. The van der Waals surface area contributed by atoms with Crippen LogP contribution in [0.4, 0.5) is 0 Å². The van der Waals surface area contributed by atoms with E-state index in [4.69, 9.17) is 0 Å². The standard InChI is InChI=1S/C17H13N3O2.C2H6/c21-16-12(7-13-8-18-4-3-15(13)20-16)5-10-1-2-11-9-19-17(22)14(11)6-10;1-2/h1-4,6-8H,5,9H2,(H,19,22)(H,20,21);1-2H3. The molecule has 3 aromatic rings. The summed E-state index contributed by atoms with van der Waals surface area (Å²) < 4.78 is 0. The fourth-order valence-corrected chi connectivity index (χ4v) is 2.81. The third-order valence-corrected chi connectivity index (χ3v) is 3.97. The van der Waals surface area contributed by atoms with E-state index in [0.717, 1.165) is 22.0 Å². The lowest BCUT2D eigenvalue weighted by atomic mass is 10.0. The Morgan fingerprint density at radius 1 is 1.12 bits per heavy atom. The number of carbonyl (C=O) groups excluding carboxylic acids is 1. The van der Waals surface area contributed by atoms with Crippen molar-refractivity contribution >= 4 is 16.8 Å². The van der Waals surface area contributed by atoms with Crippen molar-refractivity contribution < 1.29 is 4.79 Å². The molecule has 5 heteroatoms. The van der Waals surface area contributed by atoms with Crippen LogP contribution in [0.2, 0.25) is 0 Å². The molecule has 1 aliphatic heterocycles. The van der Waals surface area contributed by atoms with Crippen molar-refractivity contribution in [3.05, 3.63) is 75.3 Å². The summed E-state index contributed by atoms with van der Waals surface area (Å²) >= 11 is 0. The summed E-state index contributed by atoms with van der Waals surface area (Å²) in [6.45, 7) is 4.58. The number of carbonyl (C=O) groups is 1. The van der Waals surface area contributed by atoms with Crippen LogP contribution in [0.3, 0.4) is 0 Å². The Balaban J connectivity index is 0.000000815. The highest BCUT2D eigenvalue weighted by Gasteiger charge is 2.18. The van der Waals surface area contributed by atoms with Crippen LogP contribution >= 0.6 is 0 Å². The molecular formula is C19H19N3O2. The van der Waals surface area contributed by atoms with Crippen molar-refractivity contribution in [3.8, 4) is 0 Å². The average molecular weight is 321 g/mol. The third-order valence-electron chi connectivity index (χ3n) is 3.97. The lowest BCUT2D eigenvalue weighted by Gasteiger charge is -2.05. The van der Waals surface area contributed by atoms with Gasteiger partial charge in [-0.3, -0.25) is 14.6 Å². The minimum atomic E-state index is -0.108. The molecule has 0 atom stereocenters. The Kier molecular flexibility index (Phi) is 4.42. The van der Waals surface area contributed by atoms with Crippen LogP contribution in [0.15, 0.2) is 47.5 Å². The number of benzene rings is 1. The molecule has 2 N–H and O–H groups in total. The zero-order valence-electron chi connectivity index (χ0n) is 13.7. The Bertz CT molecular complexity index is 960. The van der Waals surface area contributed by atoms with Crippen molar-refractivity contribution in [2.75, 3.05) is 0 Å². The number of H-pyrrole nitrogens is 1.